The highest BCUT2D eigenvalue weighted by molar-refractivity contribution is 9.09. The van der Waals surface area contributed by atoms with E-state index in [0.717, 1.165) is 19.3 Å². The summed E-state index contributed by atoms with van der Waals surface area (Å²) < 4.78 is -0.602. The van der Waals surface area contributed by atoms with E-state index in [1.165, 1.54) is 0 Å². The number of carbonyl (C=O) groups excluding carboxylic acids is 3. The van der Waals surface area contributed by atoms with Crippen molar-refractivity contribution in [3.8, 4) is 0 Å². The molecule has 1 spiro atoms. The third-order valence-corrected chi connectivity index (χ3v) is 9.78. The zero-order valence-electron chi connectivity index (χ0n) is 18.0. The monoisotopic (exact) mass is 503 g/mol. The molecule has 0 aliphatic carbocycles. The molecule has 3 N–H and O–H groups in total. The number of rotatable bonds is 10. The van der Waals surface area contributed by atoms with Gasteiger partial charge in [-0.2, -0.15) is 0 Å². The molecule has 4 unspecified atom stereocenters. The first kappa shape index (κ1) is 23.9. The zero-order chi connectivity index (χ0) is 22.1. The first-order chi connectivity index (χ1) is 14.3. The lowest BCUT2D eigenvalue weighted by Crippen LogP contribution is -2.56. The van der Waals surface area contributed by atoms with Crippen molar-refractivity contribution in [2.75, 3.05) is 19.7 Å². The molecule has 7 nitrogen and oxygen atoms in total. The molecule has 3 aliphatic heterocycles. The Hall–Kier alpha value is -0.800. The molecule has 30 heavy (non-hydrogen) atoms. The fourth-order valence-corrected chi connectivity index (χ4v) is 9.02. The molecule has 0 aromatic heterocycles. The van der Waals surface area contributed by atoms with Crippen LogP contribution in [0.2, 0.25) is 0 Å². The predicted molar refractivity (Wildman–Crippen MR) is 121 cm³/mol. The lowest BCUT2D eigenvalue weighted by atomic mass is 9.70. The van der Waals surface area contributed by atoms with Crippen molar-refractivity contribution in [1.82, 2.24) is 15.5 Å². The molecule has 3 saturated heterocycles. The highest BCUT2D eigenvalue weighted by Gasteiger charge is 2.75. The van der Waals surface area contributed by atoms with Gasteiger partial charge in [-0.1, -0.05) is 36.2 Å². The highest BCUT2D eigenvalue weighted by atomic mass is 79.9. The fraction of sp³-hybridized carbons (Fsp3) is 0.857. The van der Waals surface area contributed by atoms with Crippen molar-refractivity contribution < 1.29 is 19.5 Å². The largest absolute Gasteiger partial charge is 0.396 e. The molecule has 9 heteroatoms. The van der Waals surface area contributed by atoms with Crippen LogP contribution < -0.4 is 10.6 Å². The topological polar surface area (TPSA) is 98.7 Å². The van der Waals surface area contributed by atoms with Gasteiger partial charge in [0.05, 0.1) is 16.6 Å². The van der Waals surface area contributed by atoms with Crippen LogP contribution in [0.15, 0.2) is 0 Å². The van der Waals surface area contributed by atoms with Gasteiger partial charge < -0.3 is 20.6 Å². The van der Waals surface area contributed by atoms with E-state index in [4.69, 9.17) is 0 Å². The van der Waals surface area contributed by atoms with Gasteiger partial charge >= 0.3 is 0 Å². The molecule has 2 bridgehead atoms. The number of thioether (sulfide) groups is 1. The van der Waals surface area contributed by atoms with Crippen molar-refractivity contribution in [2.45, 2.75) is 79.8 Å². The van der Waals surface area contributed by atoms with E-state index < -0.39 is 22.6 Å². The number of likely N-dealkylation sites (tertiary alicyclic amines) is 1. The fourth-order valence-electron chi connectivity index (χ4n) is 5.40. The Morgan fingerprint density at radius 2 is 2.07 bits per heavy atom. The second-order valence-electron chi connectivity index (χ2n) is 8.76. The average Bonchev–Trinajstić information content (AvgIpc) is 3.28. The summed E-state index contributed by atoms with van der Waals surface area (Å²) in [6, 6.07) is -0.584. The molecule has 3 rings (SSSR count). The standard InChI is InChI=1S/C21H34BrN3O4S/c1-4-7-12(3)24-19(28)17-21-11-13(22)16(30-21)14(18(27)23-8-5-2)15(21)20(29)25(17)9-6-10-26/h12-17,26H,4-11H2,1-3H3,(H,23,27)(H,24,28)/t12?,13?,14-,15-,16-,17?,21?/m0/s1. The Balaban J connectivity index is 1.94. The van der Waals surface area contributed by atoms with Gasteiger partial charge in [0, 0.05) is 35.8 Å². The number of aliphatic hydroxyl groups excluding tert-OH is 1. The Bertz CT molecular complexity index is 681. The maximum Gasteiger partial charge on any atom is 0.244 e. The van der Waals surface area contributed by atoms with Crippen LogP contribution in [0.1, 0.15) is 52.9 Å². The minimum Gasteiger partial charge on any atom is -0.396 e. The lowest BCUT2D eigenvalue weighted by molar-refractivity contribution is -0.140. The van der Waals surface area contributed by atoms with Gasteiger partial charge in [0.15, 0.2) is 0 Å². The van der Waals surface area contributed by atoms with Gasteiger partial charge in [0.25, 0.3) is 0 Å². The summed E-state index contributed by atoms with van der Waals surface area (Å²) >= 11 is 5.40. The van der Waals surface area contributed by atoms with E-state index in [0.29, 0.717) is 25.9 Å². The zero-order valence-corrected chi connectivity index (χ0v) is 20.4. The number of aliphatic hydroxyl groups is 1. The summed E-state index contributed by atoms with van der Waals surface area (Å²) in [7, 11) is 0. The quantitative estimate of drug-likeness (QED) is 0.393. The lowest BCUT2D eigenvalue weighted by Gasteiger charge is -2.35. The van der Waals surface area contributed by atoms with Gasteiger partial charge in [-0.15, -0.1) is 11.8 Å². The number of alkyl halides is 1. The molecule has 0 saturated carbocycles. The number of nitrogens with zero attached hydrogens (tertiary/aromatic N) is 1. The van der Waals surface area contributed by atoms with E-state index >= 15 is 0 Å². The molecule has 3 heterocycles. The maximum atomic E-state index is 13.6. The van der Waals surface area contributed by atoms with Gasteiger partial charge in [0.2, 0.25) is 17.7 Å². The van der Waals surface area contributed by atoms with Crippen molar-refractivity contribution in [1.29, 1.82) is 0 Å². The smallest absolute Gasteiger partial charge is 0.244 e. The van der Waals surface area contributed by atoms with Crippen LogP contribution in [0.3, 0.4) is 0 Å². The van der Waals surface area contributed by atoms with Crippen molar-refractivity contribution >= 4 is 45.4 Å². The summed E-state index contributed by atoms with van der Waals surface area (Å²) in [5.41, 5.74) is 0. The number of hydrogen-bond acceptors (Lipinski definition) is 5. The van der Waals surface area contributed by atoms with Crippen molar-refractivity contribution in [2.24, 2.45) is 11.8 Å². The molecule has 7 atom stereocenters. The van der Waals surface area contributed by atoms with Crippen molar-refractivity contribution in [3.05, 3.63) is 0 Å². The summed E-state index contributed by atoms with van der Waals surface area (Å²) in [4.78, 5) is 41.7. The van der Waals surface area contributed by atoms with Gasteiger partial charge in [-0.05, 0) is 32.6 Å². The Morgan fingerprint density at radius 1 is 1.33 bits per heavy atom. The van der Waals surface area contributed by atoms with Crippen LogP contribution in [-0.4, -0.2) is 74.3 Å². The van der Waals surface area contributed by atoms with Gasteiger partial charge in [-0.25, -0.2) is 0 Å². The summed E-state index contributed by atoms with van der Waals surface area (Å²) in [6.45, 7) is 6.93. The predicted octanol–water partition coefficient (Wildman–Crippen LogP) is 1.66. The van der Waals surface area contributed by atoms with Crippen molar-refractivity contribution in [3.63, 3.8) is 0 Å². The third-order valence-electron chi connectivity index (χ3n) is 6.56. The molecule has 3 amide bonds. The summed E-state index contributed by atoms with van der Waals surface area (Å²) in [5, 5.41) is 15.4. The minimum atomic E-state index is -0.611. The first-order valence-electron chi connectivity index (χ1n) is 11.1. The van der Waals surface area contributed by atoms with Crippen LogP contribution in [0.5, 0.6) is 0 Å². The van der Waals surface area contributed by atoms with Crippen LogP contribution in [-0.2, 0) is 14.4 Å². The molecular weight excluding hydrogens is 470 g/mol. The Kier molecular flexibility index (Phi) is 7.77. The van der Waals surface area contributed by atoms with E-state index in [-0.39, 0.29) is 40.4 Å². The van der Waals surface area contributed by atoms with Gasteiger partial charge in [-0.3, -0.25) is 14.4 Å². The molecule has 0 aromatic rings. The number of carbonyl (C=O) groups is 3. The normalized spacial score (nSPS) is 35.4. The molecule has 0 aromatic carbocycles. The molecule has 0 radical (unpaired) electrons. The first-order valence-corrected chi connectivity index (χ1v) is 12.9. The highest BCUT2D eigenvalue weighted by Crippen LogP contribution is 2.67. The summed E-state index contributed by atoms with van der Waals surface area (Å²) in [6.07, 6.45) is 3.78. The van der Waals surface area contributed by atoms with Crippen LogP contribution in [0.4, 0.5) is 0 Å². The number of halogens is 1. The average molecular weight is 504 g/mol. The number of fused-ring (bicyclic) bond motifs is 1. The van der Waals surface area contributed by atoms with E-state index in [9.17, 15) is 19.5 Å². The molecule has 3 fully saturated rings. The second-order valence-corrected chi connectivity index (χ2v) is 11.5. The third kappa shape index (κ3) is 4.01. The van der Waals surface area contributed by atoms with E-state index in [1.807, 2.05) is 13.8 Å². The Morgan fingerprint density at radius 3 is 2.70 bits per heavy atom. The van der Waals surface area contributed by atoms with Crippen LogP contribution in [0.25, 0.3) is 0 Å². The van der Waals surface area contributed by atoms with E-state index in [2.05, 4.69) is 33.5 Å². The maximum absolute atomic E-state index is 13.6. The van der Waals surface area contributed by atoms with E-state index in [1.54, 1.807) is 16.7 Å². The summed E-state index contributed by atoms with van der Waals surface area (Å²) in [5.74, 6) is -1.25. The molecule has 3 aliphatic rings. The number of nitrogens with one attached hydrogen (secondary N) is 2. The molecule has 170 valence electrons. The number of hydrogen-bond donors (Lipinski definition) is 3. The van der Waals surface area contributed by atoms with Gasteiger partial charge in [0.1, 0.15) is 6.04 Å². The number of amides is 3. The van der Waals surface area contributed by atoms with Crippen LogP contribution >= 0.6 is 27.7 Å². The Labute approximate surface area is 191 Å². The molecular formula is C21H34BrN3O4S. The minimum absolute atomic E-state index is 0.0147. The SMILES string of the molecule is CCCNC(=O)[C@H]1[C@H]2C(=O)N(CCCO)C(C(=O)NC(C)CCC)C23CC(Br)[C@@H]1S3. The second kappa shape index (κ2) is 9.77. The van der Waals surface area contributed by atoms with Crippen LogP contribution in [0, 0.1) is 11.8 Å².